The zero-order valence-corrected chi connectivity index (χ0v) is 16.1. The first-order chi connectivity index (χ1) is 12.3. The fraction of sp³-hybridized carbons (Fsp3) is 0.526. The summed E-state index contributed by atoms with van der Waals surface area (Å²) >= 11 is 1.60. The molecule has 2 fully saturated rings. The van der Waals surface area contributed by atoms with Crippen LogP contribution in [0.2, 0.25) is 0 Å². The molecule has 0 aromatic heterocycles. The normalized spacial score (nSPS) is 24.7. The summed E-state index contributed by atoms with van der Waals surface area (Å²) in [4.78, 5) is 38.0. The lowest BCUT2D eigenvalue weighted by molar-refractivity contribution is -0.155. The van der Waals surface area contributed by atoms with Crippen LogP contribution in [0, 0.1) is 0 Å². The van der Waals surface area contributed by atoms with E-state index in [0.29, 0.717) is 12.2 Å². The molecule has 0 radical (unpaired) electrons. The average molecular weight is 376 g/mol. The molecule has 7 heteroatoms. The van der Waals surface area contributed by atoms with Gasteiger partial charge in [0.15, 0.2) is 6.61 Å². The zero-order chi connectivity index (χ0) is 18.9. The third-order valence-electron chi connectivity index (χ3n) is 4.92. The van der Waals surface area contributed by atoms with Crippen LogP contribution in [0.5, 0.6) is 0 Å². The summed E-state index contributed by atoms with van der Waals surface area (Å²) in [5.74, 6) is -0.131. The number of thioether (sulfide) groups is 1. The van der Waals surface area contributed by atoms with Crippen molar-refractivity contribution in [1.82, 2.24) is 4.90 Å². The third-order valence-corrected chi connectivity index (χ3v) is 6.42. The van der Waals surface area contributed by atoms with Gasteiger partial charge in [0, 0.05) is 17.9 Å². The first-order valence-corrected chi connectivity index (χ1v) is 9.82. The summed E-state index contributed by atoms with van der Waals surface area (Å²) in [5, 5.41) is 2.80. The van der Waals surface area contributed by atoms with Crippen molar-refractivity contribution in [3.63, 3.8) is 0 Å². The Balaban J connectivity index is 1.57. The molecule has 0 aliphatic carbocycles. The summed E-state index contributed by atoms with van der Waals surface area (Å²) in [6.45, 7) is 5.72. The molecule has 0 bridgehead atoms. The van der Waals surface area contributed by atoms with Crippen molar-refractivity contribution < 1.29 is 19.1 Å². The number of para-hydroxylation sites is 1. The van der Waals surface area contributed by atoms with Crippen LogP contribution in [0.25, 0.3) is 0 Å². The van der Waals surface area contributed by atoms with E-state index in [1.165, 1.54) is 0 Å². The van der Waals surface area contributed by atoms with E-state index in [1.54, 1.807) is 16.7 Å². The maximum atomic E-state index is 12.4. The number of fused-ring (bicyclic) bond motifs is 1. The van der Waals surface area contributed by atoms with Gasteiger partial charge in [-0.25, -0.2) is 4.79 Å². The smallest absolute Gasteiger partial charge is 0.330 e. The second-order valence-corrected chi connectivity index (χ2v) is 8.66. The first kappa shape index (κ1) is 18.8. The number of carbonyl (C=O) groups is 3. The van der Waals surface area contributed by atoms with E-state index < -0.39 is 12.0 Å². The van der Waals surface area contributed by atoms with Gasteiger partial charge in [-0.3, -0.25) is 9.59 Å². The largest absolute Gasteiger partial charge is 0.454 e. The van der Waals surface area contributed by atoms with Crippen molar-refractivity contribution >= 4 is 35.2 Å². The number of benzene rings is 1. The second kappa shape index (κ2) is 7.31. The Morgan fingerprint density at radius 3 is 2.85 bits per heavy atom. The van der Waals surface area contributed by atoms with Gasteiger partial charge in [-0.05, 0) is 30.9 Å². The predicted molar refractivity (Wildman–Crippen MR) is 101 cm³/mol. The van der Waals surface area contributed by atoms with Gasteiger partial charge in [0.1, 0.15) is 6.04 Å². The quantitative estimate of drug-likeness (QED) is 0.800. The fourth-order valence-electron chi connectivity index (χ4n) is 3.53. The van der Waals surface area contributed by atoms with Gasteiger partial charge < -0.3 is 15.0 Å². The Kier molecular flexibility index (Phi) is 5.27. The molecule has 1 N–H and O–H groups in total. The van der Waals surface area contributed by atoms with Crippen LogP contribution >= 0.6 is 11.8 Å². The molecule has 2 amide bonds. The summed E-state index contributed by atoms with van der Waals surface area (Å²) in [6.07, 6.45) is 1.20. The summed E-state index contributed by atoms with van der Waals surface area (Å²) < 4.78 is 5.20. The van der Waals surface area contributed by atoms with Crippen LogP contribution in [0.15, 0.2) is 24.3 Å². The molecule has 2 atom stereocenters. The van der Waals surface area contributed by atoms with Crippen molar-refractivity contribution in [2.45, 2.75) is 50.4 Å². The minimum Gasteiger partial charge on any atom is -0.454 e. The topological polar surface area (TPSA) is 75.7 Å². The maximum absolute atomic E-state index is 12.4. The molecule has 2 saturated heterocycles. The van der Waals surface area contributed by atoms with E-state index >= 15 is 0 Å². The van der Waals surface area contributed by atoms with Gasteiger partial charge in [-0.2, -0.15) is 0 Å². The average Bonchev–Trinajstić information content (AvgIpc) is 3.09. The van der Waals surface area contributed by atoms with Gasteiger partial charge in [-0.15, -0.1) is 11.8 Å². The molecule has 6 nitrogen and oxygen atoms in total. The number of nitrogens with one attached hydrogen (secondary N) is 1. The number of nitrogens with zero attached hydrogens (tertiary/aromatic N) is 1. The number of rotatable bonds is 5. The lowest BCUT2D eigenvalue weighted by Gasteiger charge is -2.29. The number of hydrogen-bond donors (Lipinski definition) is 1. The molecule has 2 heterocycles. The maximum Gasteiger partial charge on any atom is 0.330 e. The van der Waals surface area contributed by atoms with Crippen molar-refractivity contribution in [3.05, 3.63) is 29.8 Å². The fourth-order valence-corrected chi connectivity index (χ4v) is 4.95. The van der Waals surface area contributed by atoms with Gasteiger partial charge in [-0.1, -0.05) is 32.0 Å². The van der Waals surface area contributed by atoms with Gasteiger partial charge in [0.25, 0.3) is 5.91 Å². The van der Waals surface area contributed by atoms with Crippen molar-refractivity contribution in [2.24, 2.45) is 0 Å². The molecule has 1 aromatic carbocycles. The molecule has 2 aliphatic heterocycles. The molecule has 0 spiro atoms. The highest BCUT2D eigenvalue weighted by Gasteiger charge is 2.53. The van der Waals surface area contributed by atoms with Crippen LogP contribution in [0.4, 0.5) is 5.69 Å². The summed E-state index contributed by atoms with van der Waals surface area (Å²) in [7, 11) is 0. The SMILES string of the molecule is CC(C)c1ccccc1NC(=O)COC(=O)[C@H]1CS[C@]2(C)CCC(=O)N12. The minimum absolute atomic E-state index is 0.0187. The molecule has 0 saturated carbocycles. The molecule has 26 heavy (non-hydrogen) atoms. The molecular weight excluding hydrogens is 352 g/mol. The Morgan fingerprint density at radius 2 is 2.12 bits per heavy atom. The molecule has 2 aliphatic rings. The second-order valence-electron chi connectivity index (χ2n) is 7.16. The Bertz CT molecular complexity index is 736. The zero-order valence-electron chi connectivity index (χ0n) is 15.3. The Hall–Kier alpha value is -2.02. The van der Waals surface area contributed by atoms with E-state index in [4.69, 9.17) is 4.74 Å². The molecule has 140 valence electrons. The molecular formula is C19H24N2O4S. The molecule has 0 unspecified atom stereocenters. The highest BCUT2D eigenvalue weighted by atomic mass is 32.2. The van der Waals surface area contributed by atoms with E-state index in [2.05, 4.69) is 5.32 Å². The van der Waals surface area contributed by atoms with Gasteiger partial charge >= 0.3 is 5.97 Å². The van der Waals surface area contributed by atoms with E-state index in [1.807, 2.05) is 45.0 Å². The van der Waals surface area contributed by atoms with E-state index in [-0.39, 0.29) is 29.2 Å². The van der Waals surface area contributed by atoms with Crippen LogP contribution in [-0.4, -0.2) is 46.0 Å². The van der Waals surface area contributed by atoms with Crippen LogP contribution in [0.1, 0.15) is 45.1 Å². The van der Waals surface area contributed by atoms with E-state index in [0.717, 1.165) is 17.7 Å². The minimum atomic E-state index is -0.601. The van der Waals surface area contributed by atoms with Gasteiger partial charge in [0.05, 0.1) is 4.87 Å². The lowest BCUT2D eigenvalue weighted by Crippen LogP contribution is -2.47. The van der Waals surface area contributed by atoms with Crippen LogP contribution in [-0.2, 0) is 19.1 Å². The number of hydrogen-bond acceptors (Lipinski definition) is 5. The molecule has 3 rings (SSSR count). The van der Waals surface area contributed by atoms with Crippen molar-refractivity contribution in [3.8, 4) is 0 Å². The predicted octanol–water partition coefficient (Wildman–Crippen LogP) is 2.75. The summed E-state index contributed by atoms with van der Waals surface area (Å²) in [6, 6.07) is 6.96. The number of anilines is 1. The highest BCUT2D eigenvalue weighted by Crippen LogP contribution is 2.47. The number of carbonyl (C=O) groups excluding carboxylic acids is 3. The Morgan fingerprint density at radius 1 is 1.38 bits per heavy atom. The lowest BCUT2D eigenvalue weighted by atomic mass is 10.0. The monoisotopic (exact) mass is 376 g/mol. The standard InChI is InChI=1S/C19H24N2O4S/c1-12(2)13-6-4-5-7-14(13)20-16(22)10-25-18(24)15-11-26-19(3)9-8-17(23)21(15)19/h4-7,12,15H,8-11H2,1-3H3,(H,20,22)/t15-,19-/m1/s1. The Labute approximate surface area is 157 Å². The van der Waals surface area contributed by atoms with Gasteiger partial charge in [0.2, 0.25) is 5.91 Å². The first-order valence-electron chi connectivity index (χ1n) is 8.83. The van der Waals surface area contributed by atoms with Crippen LogP contribution in [0.3, 0.4) is 0 Å². The molecule has 1 aromatic rings. The number of ether oxygens (including phenoxy) is 1. The number of amides is 2. The van der Waals surface area contributed by atoms with Crippen molar-refractivity contribution in [2.75, 3.05) is 17.7 Å². The summed E-state index contributed by atoms with van der Waals surface area (Å²) in [5.41, 5.74) is 1.75. The number of esters is 1. The highest BCUT2D eigenvalue weighted by molar-refractivity contribution is 8.01. The third kappa shape index (κ3) is 3.58. The van der Waals surface area contributed by atoms with E-state index in [9.17, 15) is 14.4 Å². The van der Waals surface area contributed by atoms with Crippen molar-refractivity contribution in [1.29, 1.82) is 0 Å². The van der Waals surface area contributed by atoms with Crippen LogP contribution < -0.4 is 5.32 Å².